The summed E-state index contributed by atoms with van der Waals surface area (Å²) in [6.07, 6.45) is -0.957. The Hall–Kier alpha value is -1.71. The molecule has 0 saturated carbocycles. The molecule has 0 spiro atoms. The van der Waals surface area contributed by atoms with Crippen molar-refractivity contribution < 1.29 is 14.4 Å². The zero-order valence-corrected chi connectivity index (χ0v) is 11.6. The Morgan fingerprint density at radius 1 is 1.11 bits per heavy atom. The van der Waals surface area contributed by atoms with Crippen LogP contribution in [0.3, 0.4) is 0 Å². The van der Waals surface area contributed by atoms with Crippen LogP contribution in [0.25, 0.3) is 10.8 Å². The lowest BCUT2D eigenvalue weighted by molar-refractivity contribution is -0.872. The zero-order chi connectivity index (χ0) is 14.0. The number of carbonyl (C=O) groups excluding carboxylic acids is 1. The van der Waals surface area contributed by atoms with Crippen LogP contribution in [-0.4, -0.2) is 49.2 Å². The number of benzene rings is 2. The summed E-state index contributed by atoms with van der Waals surface area (Å²) in [6, 6.07) is 13.4. The molecule has 0 aliphatic rings. The molecule has 0 amide bonds. The monoisotopic (exact) mass is 258 g/mol. The molecule has 100 valence electrons. The Kier molecular flexibility index (Phi) is 3.69. The zero-order valence-electron chi connectivity index (χ0n) is 11.6. The molecule has 1 unspecified atom stereocenters. The topological polar surface area (TPSA) is 37.3 Å². The summed E-state index contributed by atoms with van der Waals surface area (Å²) in [5.41, 5.74) is 0.569. The van der Waals surface area contributed by atoms with Crippen molar-refractivity contribution in [3.8, 4) is 0 Å². The fourth-order valence-corrected chi connectivity index (χ4v) is 2.14. The molecule has 0 fully saturated rings. The minimum atomic E-state index is -0.957. The number of aliphatic hydroxyl groups is 1. The molecular formula is C16H20NO2+. The first kappa shape index (κ1) is 13.7. The molecule has 2 rings (SSSR count). The van der Waals surface area contributed by atoms with Crippen molar-refractivity contribution in [3.63, 3.8) is 0 Å². The van der Waals surface area contributed by atoms with Crippen molar-refractivity contribution in [2.45, 2.75) is 6.10 Å². The smallest absolute Gasteiger partial charge is 0.197 e. The van der Waals surface area contributed by atoms with Crippen LogP contribution in [0.15, 0.2) is 42.5 Å². The molecule has 0 saturated heterocycles. The first-order chi connectivity index (χ1) is 8.87. The summed E-state index contributed by atoms with van der Waals surface area (Å²) in [5, 5.41) is 12.1. The molecule has 0 heterocycles. The van der Waals surface area contributed by atoms with E-state index in [-0.39, 0.29) is 5.78 Å². The summed E-state index contributed by atoms with van der Waals surface area (Å²) in [5.74, 6) is -0.209. The van der Waals surface area contributed by atoms with Gasteiger partial charge in [0.2, 0.25) is 0 Å². The van der Waals surface area contributed by atoms with Crippen LogP contribution in [0, 0.1) is 0 Å². The van der Waals surface area contributed by atoms with Crippen molar-refractivity contribution in [1.29, 1.82) is 0 Å². The van der Waals surface area contributed by atoms with Gasteiger partial charge in [-0.15, -0.1) is 0 Å². The molecule has 1 atom stereocenters. The van der Waals surface area contributed by atoms with Gasteiger partial charge in [0.15, 0.2) is 11.9 Å². The highest BCUT2D eigenvalue weighted by Crippen LogP contribution is 2.17. The van der Waals surface area contributed by atoms with Crippen molar-refractivity contribution in [1.82, 2.24) is 0 Å². The predicted octanol–water partition coefficient (Wildman–Crippen LogP) is 2.09. The lowest BCUT2D eigenvalue weighted by Gasteiger charge is -2.26. The van der Waals surface area contributed by atoms with E-state index >= 15 is 0 Å². The predicted molar refractivity (Wildman–Crippen MR) is 77.2 cm³/mol. The van der Waals surface area contributed by atoms with E-state index in [4.69, 9.17) is 0 Å². The maximum atomic E-state index is 12.2. The first-order valence-corrected chi connectivity index (χ1v) is 6.38. The van der Waals surface area contributed by atoms with Crippen LogP contribution < -0.4 is 0 Å². The number of hydrogen-bond donors (Lipinski definition) is 1. The Morgan fingerprint density at radius 2 is 1.74 bits per heavy atom. The van der Waals surface area contributed by atoms with E-state index in [1.165, 1.54) is 0 Å². The Bertz CT molecular complexity index is 599. The van der Waals surface area contributed by atoms with Gasteiger partial charge >= 0.3 is 0 Å². The third kappa shape index (κ3) is 3.40. The fraction of sp³-hybridized carbons (Fsp3) is 0.312. The molecule has 19 heavy (non-hydrogen) atoms. The van der Waals surface area contributed by atoms with Gasteiger partial charge in [-0.2, -0.15) is 0 Å². The van der Waals surface area contributed by atoms with Gasteiger partial charge in [-0.25, -0.2) is 0 Å². The highest BCUT2D eigenvalue weighted by atomic mass is 16.3. The minimum absolute atomic E-state index is 0.209. The molecule has 3 nitrogen and oxygen atoms in total. The van der Waals surface area contributed by atoms with Gasteiger partial charge in [-0.1, -0.05) is 36.4 Å². The van der Waals surface area contributed by atoms with Crippen molar-refractivity contribution in [2.24, 2.45) is 0 Å². The standard InChI is InChI=1S/C16H20NO2/c1-17(2,3)11-15(18)16(19)14-9-8-12-6-4-5-7-13(12)10-14/h4-10,15,18H,11H2,1-3H3/q+1. The third-order valence-corrected chi connectivity index (χ3v) is 3.06. The normalized spacial score (nSPS) is 13.5. The number of Topliss-reactive ketones (excluding diaryl/α,β-unsaturated/α-hetero) is 1. The highest BCUT2D eigenvalue weighted by molar-refractivity contribution is 6.02. The molecule has 3 heteroatoms. The maximum Gasteiger partial charge on any atom is 0.197 e. The van der Waals surface area contributed by atoms with Crippen LogP contribution in [0.5, 0.6) is 0 Å². The molecule has 0 bridgehead atoms. The largest absolute Gasteiger partial charge is 0.379 e. The molecular weight excluding hydrogens is 238 g/mol. The lowest BCUT2D eigenvalue weighted by atomic mass is 10.0. The van der Waals surface area contributed by atoms with Crippen molar-refractivity contribution in [2.75, 3.05) is 27.7 Å². The number of likely N-dealkylation sites (N-methyl/N-ethyl adjacent to an activating group) is 1. The van der Waals surface area contributed by atoms with Crippen LogP contribution in [0.2, 0.25) is 0 Å². The molecule has 1 N–H and O–H groups in total. The van der Waals surface area contributed by atoms with E-state index < -0.39 is 6.10 Å². The van der Waals surface area contributed by atoms with Gasteiger partial charge in [-0.3, -0.25) is 4.79 Å². The van der Waals surface area contributed by atoms with Gasteiger partial charge in [0, 0.05) is 5.56 Å². The lowest BCUT2D eigenvalue weighted by Crippen LogP contribution is -2.44. The summed E-state index contributed by atoms with van der Waals surface area (Å²) in [6.45, 7) is 0.408. The van der Waals surface area contributed by atoms with Crippen molar-refractivity contribution in [3.05, 3.63) is 48.0 Å². The van der Waals surface area contributed by atoms with Gasteiger partial charge in [-0.05, 0) is 16.8 Å². The molecule has 2 aromatic carbocycles. The highest BCUT2D eigenvalue weighted by Gasteiger charge is 2.23. The van der Waals surface area contributed by atoms with Gasteiger partial charge in [0.1, 0.15) is 6.54 Å². The molecule has 2 aromatic rings. The number of fused-ring (bicyclic) bond motifs is 1. The average Bonchev–Trinajstić information content (AvgIpc) is 2.35. The van der Waals surface area contributed by atoms with Crippen LogP contribution >= 0.6 is 0 Å². The minimum Gasteiger partial charge on any atom is -0.379 e. The van der Waals surface area contributed by atoms with E-state index in [2.05, 4.69) is 0 Å². The Labute approximate surface area is 113 Å². The third-order valence-electron chi connectivity index (χ3n) is 3.06. The van der Waals surface area contributed by atoms with E-state index in [9.17, 15) is 9.90 Å². The Balaban J connectivity index is 2.26. The number of hydrogen-bond acceptors (Lipinski definition) is 2. The van der Waals surface area contributed by atoms with E-state index in [0.29, 0.717) is 16.6 Å². The second-order valence-electron chi connectivity index (χ2n) is 5.91. The number of carbonyl (C=O) groups is 1. The molecule has 0 aromatic heterocycles. The van der Waals surface area contributed by atoms with E-state index in [1.807, 2.05) is 57.5 Å². The van der Waals surface area contributed by atoms with Gasteiger partial charge in [0.05, 0.1) is 21.1 Å². The number of nitrogens with zero attached hydrogens (tertiary/aromatic N) is 1. The molecule has 0 radical (unpaired) electrons. The second-order valence-corrected chi connectivity index (χ2v) is 5.91. The van der Waals surface area contributed by atoms with Crippen LogP contribution in [0.1, 0.15) is 10.4 Å². The number of rotatable bonds is 4. The number of quaternary nitrogens is 1. The summed E-state index contributed by atoms with van der Waals surface area (Å²) < 4.78 is 0.556. The Morgan fingerprint density at radius 3 is 2.37 bits per heavy atom. The molecule has 0 aliphatic carbocycles. The maximum absolute atomic E-state index is 12.2. The van der Waals surface area contributed by atoms with Gasteiger partial charge < -0.3 is 9.59 Å². The van der Waals surface area contributed by atoms with Crippen LogP contribution in [-0.2, 0) is 0 Å². The summed E-state index contributed by atoms with van der Waals surface area (Å²) in [4.78, 5) is 12.2. The fourth-order valence-electron chi connectivity index (χ4n) is 2.14. The number of ketones is 1. The quantitative estimate of drug-likeness (QED) is 0.673. The number of aliphatic hydroxyl groups excluding tert-OH is 1. The van der Waals surface area contributed by atoms with Crippen molar-refractivity contribution >= 4 is 16.6 Å². The summed E-state index contributed by atoms with van der Waals surface area (Å²) >= 11 is 0. The van der Waals surface area contributed by atoms with E-state index in [0.717, 1.165) is 10.8 Å². The SMILES string of the molecule is C[N+](C)(C)CC(O)C(=O)c1ccc2ccccc2c1. The van der Waals surface area contributed by atoms with Gasteiger partial charge in [0.25, 0.3) is 0 Å². The van der Waals surface area contributed by atoms with E-state index in [1.54, 1.807) is 6.07 Å². The van der Waals surface area contributed by atoms with Crippen LogP contribution in [0.4, 0.5) is 0 Å². The summed E-state index contributed by atoms with van der Waals surface area (Å²) in [7, 11) is 5.87. The molecule has 0 aliphatic heterocycles. The first-order valence-electron chi connectivity index (χ1n) is 6.38. The second kappa shape index (κ2) is 5.11. The average molecular weight is 258 g/mol.